The standard InChI is InChI=1S/C17H24N4O2S2/c1-16(6-9-25(22,23)13-16)21-12-14(11-20-21)10-19-17(4-2-3-5-17)15-18-7-8-24-15/h7-8,11-12,19H,2-6,9-10,13H2,1H3. The van der Waals surface area contributed by atoms with Crippen LogP contribution in [0.4, 0.5) is 0 Å². The minimum atomic E-state index is -2.94. The smallest absolute Gasteiger partial charge is 0.152 e. The number of nitrogens with one attached hydrogen (secondary N) is 1. The van der Waals surface area contributed by atoms with Crippen LogP contribution < -0.4 is 5.32 Å². The molecule has 6 nitrogen and oxygen atoms in total. The summed E-state index contributed by atoms with van der Waals surface area (Å²) in [5, 5.41) is 11.4. The van der Waals surface area contributed by atoms with Crippen LogP contribution in [-0.2, 0) is 27.5 Å². The predicted octanol–water partition coefficient (Wildman–Crippen LogP) is 2.43. The van der Waals surface area contributed by atoms with Gasteiger partial charge in [0.05, 0.1) is 28.8 Å². The number of nitrogens with zero attached hydrogens (tertiary/aromatic N) is 3. The number of aromatic nitrogens is 3. The third kappa shape index (κ3) is 3.27. The number of hydrogen-bond acceptors (Lipinski definition) is 6. The molecule has 0 bridgehead atoms. The van der Waals surface area contributed by atoms with E-state index in [4.69, 9.17) is 0 Å². The fourth-order valence-corrected chi connectivity index (χ4v) is 7.09. The minimum absolute atomic E-state index is 0.0170. The summed E-state index contributed by atoms with van der Waals surface area (Å²) in [7, 11) is -2.94. The first kappa shape index (κ1) is 17.2. The van der Waals surface area contributed by atoms with E-state index in [-0.39, 0.29) is 17.0 Å². The number of rotatable bonds is 5. The van der Waals surface area contributed by atoms with Crippen molar-refractivity contribution in [3.63, 3.8) is 0 Å². The monoisotopic (exact) mass is 380 g/mol. The molecule has 1 saturated carbocycles. The van der Waals surface area contributed by atoms with E-state index < -0.39 is 15.4 Å². The van der Waals surface area contributed by atoms with Gasteiger partial charge in [-0.1, -0.05) is 12.8 Å². The van der Waals surface area contributed by atoms with Crippen LogP contribution in [0.25, 0.3) is 0 Å². The van der Waals surface area contributed by atoms with Crippen molar-refractivity contribution in [2.24, 2.45) is 0 Å². The maximum atomic E-state index is 11.8. The summed E-state index contributed by atoms with van der Waals surface area (Å²) in [6, 6.07) is 0. The molecule has 1 saturated heterocycles. The first-order chi connectivity index (χ1) is 11.9. The van der Waals surface area contributed by atoms with Gasteiger partial charge in [-0.2, -0.15) is 5.10 Å². The van der Waals surface area contributed by atoms with Crippen molar-refractivity contribution in [3.05, 3.63) is 34.5 Å². The van der Waals surface area contributed by atoms with Crippen molar-refractivity contribution >= 4 is 21.2 Å². The van der Waals surface area contributed by atoms with E-state index >= 15 is 0 Å². The molecule has 1 aliphatic carbocycles. The molecule has 136 valence electrons. The molecule has 3 heterocycles. The molecule has 2 aromatic heterocycles. The van der Waals surface area contributed by atoms with E-state index in [1.807, 2.05) is 35.6 Å². The Balaban J connectivity index is 1.48. The lowest BCUT2D eigenvalue weighted by atomic mass is 9.98. The molecule has 0 radical (unpaired) electrons. The van der Waals surface area contributed by atoms with Gasteiger partial charge in [-0.3, -0.25) is 4.68 Å². The Kier molecular flexibility index (Phi) is 4.24. The lowest BCUT2D eigenvalue weighted by Crippen LogP contribution is -2.39. The van der Waals surface area contributed by atoms with Gasteiger partial charge in [-0.25, -0.2) is 13.4 Å². The fourth-order valence-electron chi connectivity index (χ4n) is 4.10. The van der Waals surface area contributed by atoms with E-state index in [1.165, 1.54) is 17.8 Å². The Morgan fingerprint density at radius 1 is 1.32 bits per heavy atom. The molecule has 0 spiro atoms. The summed E-state index contributed by atoms with van der Waals surface area (Å²) in [6.07, 6.45) is 11.0. The summed E-state index contributed by atoms with van der Waals surface area (Å²) < 4.78 is 25.5. The van der Waals surface area contributed by atoms with Crippen LogP contribution in [-0.4, -0.2) is 34.7 Å². The number of sulfone groups is 1. The van der Waals surface area contributed by atoms with E-state index in [9.17, 15) is 8.42 Å². The molecule has 1 unspecified atom stereocenters. The van der Waals surface area contributed by atoms with Crippen molar-refractivity contribution in [2.75, 3.05) is 11.5 Å². The molecule has 2 aliphatic rings. The largest absolute Gasteiger partial charge is 0.301 e. The van der Waals surface area contributed by atoms with Crippen molar-refractivity contribution in [3.8, 4) is 0 Å². The number of thiazole rings is 1. The van der Waals surface area contributed by atoms with Crippen LogP contribution in [0.15, 0.2) is 24.0 Å². The Morgan fingerprint density at radius 2 is 2.12 bits per heavy atom. The summed E-state index contributed by atoms with van der Waals surface area (Å²) in [6.45, 7) is 2.71. The van der Waals surface area contributed by atoms with Gasteiger partial charge in [0.2, 0.25) is 0 Å². The molecule has 2 fully saturated rings. The molecular weight excluding hydrogens is 356 g/mol. The average Bonchev–Trinajstić information content (AvgIpc) is 3.34. The van der Waals surface area contributed by atoms with E-state index in [0.29, 0.717) is 6.42 Å². The highest BCUT2D eigenvalue weighted by molar-refractivity contribution is 7.91. The van der Waals surface area contributed by atoms with E-state index in [0.717, 1.165) is 24.9 Å². The molecule has 1 N–H and O–H groups in total. The fraction of sp³-hybridized carbons (Fsp3) is 0.647. The highest BCUT2D eigenvalue weighted by Crippen LogP contribution is 2.40. The van der Waals surface area contributed by atoms with E-state index in [2.05, 4.69) is 15.4 Å². The highest BCUT2D eigenvalue weighted by atomic mass is 32.2. The van der Waals surface area contributed by atoms with Crippen LogP contribution in [0, 0.1) is 0 Å². The van der Waals surface area contributed by atoms with Crippen molar-refractivity contribution in [1.29, 1.82) is 0 Å². The summed E-state index contributed by atoms with van der Waals surface area (Å²) in [5.74, 6) is 0.432. The van der Waals surface area contributed by atoms with Crippen LogP contribution in [0.3, 0.4) is 0 Å². The topological polar surface area (TPSA) is 76.9 Å². The second kappa shape index (κ2) is 6.17. The van der Waals surface area contributed by atoms with Gasteiger partial charge in [0.15, 0.2) is 9.84 Å². The lowest BCUT2D eigenvalue weighted by Gasteiger charge is -2.28. The highest BCUT2D eigenvalue weighted by Gasteiger charge is 2.41. The second-order valence-electron chi connectivity index (χ2n) is 7.61. The van der Waals surface area contributed by atoms with Crippen LogP contribution in [0.5, 0.6) is 0 Å². The SMILES string of the molecule is CC1(n2cc(CNC3(c4nccs4)CCCC3)cn2)CCS(=O)(=O)C1. The van der Waals surface area contributed by atoms with Gasteiger partial charge in [0.1, 0.15) is 5.01 Å². The molecule has 0 aromatic carbocycles. The summed E-state index contributed by atoms with van der Waals surface area (Å²) in [5.41, 5.74) is 0.655. The van der Waals surface area contributed by atoms with Crippen molar-refractivity contribution in [2.45, 2.75) is 56.7 Å². The van der Waals surface area contributed by atoms with Gasteiger partial charge in [0, 0.05) is 29.9 Å². The first-order valence-electron chi connectivity index (χ1n) is 8.80. The predicted molar refractivity (Wildman–Crippen MR) is 98.2 cm³/mol. The molecule has 1 aliphatic heterocycles. The molecule has 2 aromatic rings. The molecule has 4 rings (SSSR count). The van der Waals surface area contributed by atoms with Gasteiger partial charge >= 0.3 is 0 Å². The molecule has 1 atom stereocenters. The van der Waals surface area contributed by atoms with Gasteiger partial charge in [-0.05, 0) is 26.2 Å². The van der Waals surface area contributed by atoms with Crippen molar-refractivity contribution < 1.29 is 8.42 Å². The van der Waals surface area contributed by atoms with E-state index in [1.54, 1.807) is 11.3 Å². The Labute approximate surface area is 152 Å². The zero-order valence-corrected chi connectivity index (χ0v) is 16.1. The third-order valence-corrected chi connectivity index (χ3v) is 8.47. The average molecular weight is 381 g/mol. The van der Waals surface area contributed by atoms with Gasteiger partial charge in [0.25, 0.3) is 0 Å². The molecular formula is C17H24N4O2S2. The third-order valence-electron chi connectivity index (χ3n) is 5.60. The van der Waals surface area contributed by atoms with Crippen LogP contribution in [0.1, 0.15) is 49.6 Å². The zero-order chi connectivity index (χ0) is 17.5. The van der Waals surface area contributed by atoms with Crippen molar-refractivity contribution in [1.82, 2.24) is 20.1 Å². The number of hydrogen-bond donors (Lipinski definition) is 1. The zero-order valence-electron chi connectivity index (χ0n) is 14.4. The van der Waals surface area contributed by atoms with Crippen LogP contribution >= 0.6 is 11.3 Å². The maximum Gasteiger partial charge on any atom is 0.152 e. The van der Waals surface area contributed by atoms with Gasteiger partial charge in [-0.15, -0.1) is 11.3 Å². The minimum Gasteiger partial charge on any atom is -0.301 e. The second-order valence-corrected chi connectivity index (χ2v) is 10.7. The first-order valence-corrected chi connectivity index (χ1v) is 11.5. The quantitative estimate of drug-likeness (QED) is 0.862. The maximum absolute atomic E-state index is 11.8. The Bertz CT molecular complexity index is 838. The summed E-state index contributed by atoms with van der Waals surface area (Å²) in [4.78, 5) is 4.55. The normalized spacial score (nSPS) is 27.7. The van der Waals surface area contributed by atoms with Gasteiger partial charge < -0.3 is 5.32 Å². The summed E-state index contributed by atoms with van der Waals surface area (Å²) >= 11 is 1.72. The molecule has 25 heavy (non-hydrogen) atoms. The molecule has 0 amide bonds. The lowest BCUT2D eigenvalue weighted by molar-refractivity contribution is 0.326. The Morgan fingerprint density at radius 3 is 2.76 bits per heavy atom. The Hall–Kier alpha value is -1.25. The van der Waals surface area contributed by atoms with Crippen LogP contribution in [0.2, 0.25) is 0 Å². The molecule has 8 heteroatoms.